The number of hydrogen-bond acceptors (Lipinski definition) is 2. The maximum absolute atomic E-state index is 12.5. The number of rotatable bonds is 5. The van der Waals surface area contributed by atoms with Gasteiger partial charge in [-0.25, -0.2) is 0 Å². The van der Waals surface area contributed by atoms with E-state index in [9.17, 15) is 4.79 Å². The Morgan fingerprint density at radius 3 is 1.94 bits per heavy atom. The van der Waals surface area contributed by atoms with E-state index >= 15 is 0 Å². The molecule has 0 aromatic heterocycles. The first-order chi connectivity index (χ1) is 7.94. The minimum Gasteiger partial charge on any atom is -0.446 e. The van der Waals surface area contributed by atoms with Gasteiger partial charge in [-0.1, -0.05) is 48.5 Å². The van der Waals surface area contributed by atoms with Crippen LogP contribution in [0.3, 0.4) is 0 Å². The molecule has 104 valence electrons. The van der Waals surface area contributed by atoms with Crippen molar-refractivity contribution >= 4 is 14.0 Å². The van der Waals surface area contributed by atoms with E-state index in [2.05, 4.69) is 51.5 Å². The molecule has 0 spiro atoms. The van der Waals surface area contributed by atoms with E-state index < -0.39 is 5.41 Å². The van der Waals surface area contributed by atoms with Crippen LogP contribution in [0.25, 0.3) is 0 Å². The topological polar surface area (TPSA) is 38.3 Å². The third kappa shape index (κ3) is 5.01. The minimum absolute atomic E-state index is 0.0713. The lowest BCUT2D eigenvalue weighted by atomic mass is 9.61. The molecule has 0 bridgehead atoms. The van der Waals surface area contributed by atoms with E-state index in [0.29, 0.717) is 13.2 Å². The van der Waals surface area contributed by atoms with Crippen LogP contribution in [0.5, 0.6) is 0 Å². The van der Waals surface area contributed by atoms with E-state index in [1.54, 1.807) is 0 Å². The molecule has 0 saturated heterocycles. The third-order valence-corrected chi connectivity index (χ3v) is 3.55. The van der Waals surface area contributed by atoms with Crippen molar-refractivity contribution in [1.82, 2.24) is 5.32 Å². The van der Waals surface area contributed by atoms with Crippen molar-refractivity contribution in [2.45, 2.75) is 54.9 Å². The van der Waals surface area contributed by atoms with Crippen LogP contribution in [0.4, 0.5) is 0 Å². The highest BCUT2D eigenvalue weighted by atomic mass is 16.4. The zero-order valence-corrected chi connectivity index (χ0v) is 13.0. The summed E-state index contributed by atoms with van der Waals surface area (Å²) >= 11 is 0. The molecule has 1 atom stereocenters. The number of nitrogens with one attached hydrogen (secondary N) is 1. The van der Waals surface area contributed by atoms with Crippen molar-refractivity contribution < 1.29 is 9.45 Å². The molecule has 1 N–H and O–H groups in total. The fourth-order valence-electron chi connectivity index (χ4n) is 2.17. The van der Waals surface area contributed by atoms with Crippen molar-refractivity contribution in [3.8, 4) is 0 Å². The van der Waals surface area contributed by atoms with Gasteiger partial charge in [0.1, 0.15) is 0 Å². The normalized spacial score (nSPS) is 16.2. The first-order valence-corrected chi connectivity index (χ1v) is 6.54. The largest absolute Gasteiger partial charge is 0.446 e. The first-order valence-electron chi connectivity index (χ1n) is 6.54. The molecule has 0 saturated carbocycles. The Bertz CT molecular complexity index is 278. The quantitative estimate of drug-likeness (QED) is 0.604. The number of carbonyl (C=O) groups excluding carboxylic acids is 1. The summed E-state index contributed by atoms with van der Waals surface area (Å²) < 4.78 is 4.48. The molecule has 3 nitrogen and oxygen atoms in total. The molecule has 0 aromatic rings. The predicted molar refractivity (Wildman–Crippen MR) is 76.3 cm³/mol. The van der Waals surface area contributed by atoms with Crippen molar-refractivity contribution in [2.75, 3.05) is 13.2 Å². The number of hydrogen-bond donors (Lipinski definition) is 1. The van der Waals surface area contributed by atoms with E-state index in [-0.39, 0.29) is 16.7 Å². The second kappa shape index (κ2) is 6.09. The maximum Gasteiger partial charge on any atom is 0.282 e. The molecule has 2 radical (unpaired) electrons. The highest BCUT2D eigenvalue weighted by Crippen LogP contribution is 2.46. The Balaban J connectivity index is 4.94. The van der Waals surface area contributed by atoms with Crippen LogP contribution in [0.15, 0.2) is 0 Å². The SMILES string of the molecule is [B]OCCNC(=O)C(C)(CC(C)(C)C)C(C)(C)C. The summed E-state index contributed by atoms with van der Waals surface area (Å²) in [4.78, 5) is 12.5. The van der Waals surface area contributed by atoms with Gasteiger partial charge >= 0.3 is 0 Å². The summed E-state index contributed by atoms with van der Waals surface area (Å²) in [7, 11) is 4.96. The van der Waals surface area contributed by atoms with Gasteiger partial charge in [0.05, 0.1) is 5.41 Å². The summed E-state index contributed by atoms with van der Waals surface area (Å²) in [5.74, 6) is 0.0713. The molecular formula is C14H28BNO2. The van der Waals surface area contributed by atoms with Gasteiger partial charge in [0.2, 0.25) is 5.91 Å². The molecule has 0 fully saturated rings. The highest BCUT2D eigenvalue weighted by molar-refractivity contribution is 5.97. The molecule has 0 heterocycles. The Morgan fingerprint density at radius 2 is 1.61 bits per heavy atom. The fourth-order valence-corrected chi connectivity index (χ4v) is 2.17. The molecule has 0 aromatic carbocycles. The van der Waals surface area contributed by atoms with Crippen LogP contribution in [-0.2, 0) is 9.45 Å². The first kappa shape index (κ1) is 17.5. The molecule has 0 rings (SSSR count). The Kier molecular flexibility index (Phi) is 5.92. The zero-order valence-electron chi connectivity index (χ0n) is 13.0. The molecule has 1 unspecified atom stereocenters. The molecule has 0 aliphatic rings. The summed E-state index contributed by atoms with van der Waals surface area (Å²) in [6.45, 7) is 15.6. The summed E-state index contributed by atoms with van der Waals surface area (Å²) in [5, 5.41) is 2.91. The van der Waals surface area contributed by atoms with Crippen LogP contribution in [0.1, 0.15) is 54.9 Å². The van der Waals surface area contributed by atoms with Crippen molar-refractivity contribution in [3.05, 3.63) is 0 Å². The van der Waals surface area contributed by atoms with Gasteiger partial charge in [-0.3, -0.25) is 4.79 Å². The number of amides is 1. The Hall–Kier alpha value is -0.505. The predicted octanol–water partition coefficient (Wildman–Crippen LogP) is 2.69. The average Bonchev–Trinajstić information content (AvgIpc) is 2.13. The Labute approximate surface area is 113 Å². The summed E-state index contributed by atoms with van der Waals surface area (Å²) in [6, 6.07) is 0. The molecule has 18 heavy (non-hydrogen) atoms. The van der Waals surface area contributed by atoms with Gasteiger partial charge in [-0.2, -0.15) is 0 Å². The number of carbonyl (C=O) groups is 1. The average molecular weight is 253 g/mol. The van der Waals surface area contributed by atoms with Gasteiger partial charge in [0, 0.05) is 13.2 Å². The van der Waals surface area contributed by atoms with Gasteiger partial charge in [-0.15, -0.1) is 0 Å². The van der Waals surface area contributed by atoms with E-state index in [4.69, 9.17) is 8.05 Å². The van der Waals surface area contributed by atoms with Crippen LogP contribution in [-0.4, -0.2) is 27.1 Å². The van der Waals surface area contributed by atoms with E-state index in [0.717, 1.165) is 6.42 Å². The van der Waals surface area contributed by atoms with Crippen LogP contribution < -0.4 is 5.32 Å². The lowest BCUT2D eigenvalue weighted by Crippen LogP contribution is -2.49. The van der Waals surface area contributed by atoms with Crippen molar-refractivity contribution in [3.63, 3.8) is 0 Å². The lowest BCUT2D eigenvalue weighted by Gasteiger charge is -2.44. The highest BCUT2D eigenvalue weighted by Gasteiger charge is 2.46. The van der Waals surface area contributed by atoms with Gasteiger partial charge in [0.25, 0.3) is 8.05 Å². The molecule has 0 aliphatic heterocycles. The standard InChI is InChI=1S/C14H28BNO2/c1-12(2,3)10-14(7,13(4,5)6)11(17)16-8-9-18-15/h8-10H2,1-7H3,(H,16,17). The second-order valence-corrected chi connectivity index (χ2v) is 7.45. The monoisotopic (exact) mass is 253 g/mol. The van der Waals surface area contributed by atoms with Crippen molar-refractivity contribution in [2.24, 2.45) is 16.2 Å². The summed E-state index contributed by atoms with van der Waals surface area (Å²) in [5.41, 5.74) is -0.419. The molecule has 0 aliphatic carbocycles. The Morgan fingerprint density at radius 1 is 1.11 bits per heavy atom. The maximum atomic E-state index is 12.5. The van der Waals surface area contributed by atoms with Crippen molar-refractivity contribution in [1.29, 1.82) is 0 Å². The molecular weight excluding hydrogens is 225 g/mol. The lowest BCUT2D eigenvalue weighted by molar-refractivity contribution is -0.139. The fraction of sp³-hybridized carbons (Fsp3) is 0.929. The van der Waals surface area contributed by atoms with Gasteiger partial charge in [-0.05, 0) is 17.3 Å². The van der Waals surface area contributed by atoms with E-state index in [1.807, 2.05) is 6.92 Å². The molecule has 4 heteroatoms. The summed E-state index contributed by atoms with van der Waals surface area (Å²) in [6.07, 6.45) is 0.832. The van der Waals surface area contributed by atoms with Crippen LogP contribution in [0, 0.1) is 16.2 Å². The second-order valence-electron chi connectivity index (χ2n) is 7.45. The van der Waals surface area contributed by atoms with Gasteiger partial charge < -0.3 is 9.97 Å². The van der Waals surface area contributed by atoms with Crippen LogP contribution in [0.2, 0.25) is 0 Å². The minimum atomic E-state index is -0.417. The third-order valence-electron chi connectivity index (χ3n) is 3.55. The van der Waals surface area contributed by atoms with E-state index in [1.165, 1.54) is 0 Å². The molecule has 1 amide bonds. The smallest absolute Gasteiger partial charge is 0.282 e. The van der Waals surface area contributed by atoms with Gasteiger partial charge in [0.15, 0.2) is 0 Å². The zero-order chi connectivity index (χ0) is 14.6. The van der Waals surface area contributed by atoms with Crippen LogP contribution >= 0.6 is 0 Å².